The molecule has 0 N–H and O–H groups in total. The van der Waals surface area contributed by atoms with Gasteiger partial charge in [-0.05, 0) is 32.5 Å². The van der Waals surface area contributed by atoms with Crippen molar-refractivity contribution in [1.29, 1.82) is 0 Å². The fourth-order valence-corrected chi connectivity index (χ4v) is 2.45. The molecule has 0 atom stereocenters. The highest BCUT2D eigenvalue weighted by atomic mass is 28.4. The van der Waals surface area contributed by atoms with E-state index in [0.717, 1.165) is 25.5 Å². The van der Waals surface area contributed by atoms with E-state index in [1.165, 1.54) is 0 Å². The van der Waals surface area contributed by atoms with Crippen molar-refractivity contribution in [2.75, 3.05) is 26.9 Å². The van der Waals surface area contributed by atoms with Crippen LogP contribution >= 0.6 is 0 Å². The van der Waals surface area contributed by atoms with E-state index in [0.29, 0.717) is 18.8 Å². The second kappa shape index (κ2) is 9.30. The Labute approximate surface area is 111 Å². The third-order valence-corrected chi connectivity index (χ3v) is 5.30. The Morgan fingerprint density at radius 3 is 2.33 bits per heavy atom. The molecule has 0 aromatic rings. The second-order valence-electron chi connectivity index (χ2n) is 4.95. The van der Waals surface area contributed by atoms with Gasteiger partial charge in [-0.25, -0.2) is 4.79 Å². The second-order valence-corrected chi connectivity index (χ2v) is 9.38. The average molecular weight is 274 g/mol. The Morgan fingerprint density at radius 2 is 1.78 bits per heavy atom. The number of ether oxygens (including phenoxy) is 2. The van der Waals surface area contributed by atoms with Crippen LogP contribution in [0.5, 0.6) is 0 Å². The first-order chi connectivity index (χ1) is 8.39. The molecule has 0 radical (unpaired) electrons. The minimum atomic E-state index is -1.44. The molecule has 0 unspecified atom stereocenters. The molecule has 0 saturated heterocycles. The van der Waals surface area contributed by atoms with E-state index in [1.54, 1.807) is 14.0 Å². The molecule has 4 nitrogen and oxygen atoms in total. The van der Waals surface area contributed by atoms with Gasteiger partial charge in [0.2, 0.25) is 0 Å². The number of carbonyl (C=O) groups excluding carboxylic acids is 1. The average Bonchev–Trinajstić information content (AvgIpc) is 2.32. The fraction of sp³-hybridized carbons (Fsp3) is 0.769. The fourth-order valence-electron chi connectivity index (χ4n) is 1.25. The zero-order valence-corrected chi connectivity index (χ0v) is 13.1. The third-order valence-electron chi connectivity index (χ3n) is 2.63. The van der Waals surface area contributed by atoms with E-state index in [9.17, 15) is 4.79 Å². The number of carbonyl (C=O) groups is 1. The summed E-state index contributed by atoms with van der Waals surface area (Å²) >= 11 is 0. The van der Waals surface area contributed by atoms with Crippen LogP contribution in [0.4, 0.5) is 0 Å². The lowest BCUT2D eigenvalue weighted by atomic mass is 10.4. The zero-order valence-electron chi connectivity index (χ0n) is 12.1. The topological polar surface area (TPSA) is 44.8 Å². The predicted molar refractivity (Wildman–Crippen MR) is 75.1 cm³/mol. The first-order valence-electron chi connectivity index (χ1n) is 6.34. The van der Waals surface area contributed by atoms with Gasteiger partial charge in [-0.1, -0.05) is 6.58 Å². The molecule has 0 aliphatic heterocycles. The number of rotatable bonds is 10. The summed E-state index contributed by atoms with van der Waals surface area (Å²) in [6.45, 7) is 11.3. The first-order valence-corrected chi connectivity index (χ1v) is 9.46. The summed E-state index contributed by atoms with van der Waals surface area (Å²) in [4.78, 5) is 11.0. The summed E-state index contributed by atoms with van der Waals surface area (Å²) in [5.74, 6) is -0.331. The van der Waals surface area contributed by atoms with E-state index in [-0.39, 0.29) is 5.97 Å². The molecule has 0 saturated carbocycles. The maximum atomic E-state index is 11.0. The molecule has 0 heterocycles. The lowest BCUT2D eigenvalue weighted by Gasteiger charge is -2.19. The summed E-state index contributed by atoms with van der Waals surface area (Å²) in [6.07, 6.45) is 1.75. The third kappa shape index (κ3) is 9.38. The SMILES string of the molecule is C=C(C)C(=O)OCCCOCCC[Si](C)(C)OC. The first kappa shape index (κ1) is 17.3. The molecule has 106 valence electrons. The van der Waals surface area contributed by atoms with Gasteiger partial charge in [0.1, 0.15) is 0 Å². The van der Waals surface area contributed by atoms with Gasteiger partial charge >= 0.3 is 5.97 Å². The van der Waals surface area contributed by atoms with Gasteiger partial charge < -0.3 is 13.9 Å². The van der Waals surface area contributed by atoms with Crippen LogP contribution in [0.3, 0.4) is 0 Å². The minimum absolute atomic E-state index is 0.331. The standard InChI is InChI=1S/C13H26O4Si/c1-12(2)13(14)17-10-6-8-16-9-7-11-18(4,5)15-3/h1,6-11H2,2-5H3. The summed E-state index contributed by atoms with van der Waals surface area (Å²) in [5, 5.41) is 0. The maximum absolute atomic E-state index is 11.0. The van der Waals surface area contributed by atoms with Gasteiger partial charge in [0.15, 0.2) is 8.32 Å². The molecule has 18 heavy (non-hydrogen) atoms. The molecular weight excluding hydrogens is 248 g/mol. The number of hydrogen-bond donors (Lipinski definition) is 0. The van der Waals surface area contributed by atoms with Crippen LogP contribution in [-0.4, -0.2) is 41.2 Å². The molecule has 0 bridgehead atoms. The molecule has 0 rings (SSSR count). The van der Waals surface area contributed by atoms with Crippen LogP contribution < -0.4 is 0 Å². The molecule has 0 aliphatic rings. The number of hydrogen-bond acceptors (Lipinski definition) is 4. The van der Waals surface area contributed by atoms with Crippen molar-refractivity contribution < 1.29 is 18.7 Å². The Balaban J connectivity index is 3.32. The van der Waals surface area contributed by atoms with Gasteiger partial charge in [-0.2, -0.15) is 0 Å². The van der Waals surface area contributed by atoms with Crippen LogP contribution in [0.15, 0.2) is 12.2 Å². The molecule has 5 heteroatoms. The molecule has 0 amide bonds. The lowest BCUT2D eigenvalue weighted by Crippen LogP contribution is -2.28. The van der Waals surface area contributed by atoms with Gasteiger partial charge in [-0.3, -0.25) is 0 Å². The lowest BCUT2D eigenvalue weighted by molar-refractivity contribution is -0.139. The van der Waals surface area contributed by atoms with Crippen molar-refractivity contribution in [3.8, 4) is 0 Å². The predicted octanol–water partition coefficient (Wildman–Crippen LogP) is 2.75. The van der Waals surface area contributed by atoms with E-state index in [2.05, 4.69) is 19.7 Å². The molecule has 0 aliphatic carbocycles. The summed E-state index contributed by atoms with van der Waals surface area (Å²) in [7, 11) is 0.342. The van der Waals surface area contributed by atoms with E-state index in [4.69, 9.17) is 13.9 Å². The van der Waals surface area contributed by atoms with Gasteiger partial charge in [0.05, 0.1) is 6.61 Å². The Morgan fingerprint density at radius 1 is 1.17 bits per heavy atom. The minimum Gasteiger partial charge on any atom is -0.462 e. The highest BCUT2D eigenvalue weighted by Gasteiger charge is 2.19. The van der Waals surface area contributed by atoms with Gasteiger partial charge in [0, 0.05) is 32.3 Å². The Hall–Kier alpha value is -0.653. The largest absolute Gasteiger partial charge is 0.462 e. The Bertz CT molecular complexity index is 264. The monoisotopic (exact) mass is 274 g/mol. The molecule has 0 spiro atoms. The van der Waals surface area contributed by atoms with E-state index in [1.807, 2.05) is 0 Å². The van der Waals surface area contributed by atoms with Crippen molar-refractivity contribution in [2.24, 2.45) is 0 Å². The summed E-state index contributed by atoms with van der Waals surface area (Å²) in [5.41, 5.74) is 0.433. The van der Waals surface area contributed by atoms with Gasteiger partial charge in [0.25, 0.3) is 0 Å². The Kier molecular flexibility index (Phi) is 8.96. The van der Waals surface area contributed by atoms with Crippen LogP contribution in [0, 0.1) is 0 Å². The van der Waals surface area contributed by atoms with E-state index >= 15 is 0 Å². The highest BCUT2D eigenvalue weighted by molar-refractivity contribution is 6.71. The van der Waals surface area contributed by atoms with Crippen LogP contribution in [0.1, 0.15) is 19.8 Å². The van der Waals surface area contributed by atoms with Crippen LogP contribution in [0.25, 0.3) is 0 Å². The van der Waals surface area contributed by atoms with Crippen molar-refractivity contribution in [2.45, 2.75) is 38.9 Å². The smallest absolute Gasteiger partial charge is 0.333 e. The molecule has 0 aromatic heterocycles. The zero-order chi connectivity index (χ0) is 14.0. The van der Waals surface area contributed by atoms with Crippen LogP contribution in [0.2, 0.25) is 19.1 Å². The summed E-state index contributed by atoms with van der Waals surface area (Å²) in [6, 6.07) is 1.11. The van der Waals surface area contributed by atoms with Crippen molar-refractivity contribution in [1.82, 2.24) is 0 Å². The molecule has 0 fully saturated rings. The van der Waals surface area contributed by atoms with Crippen molar-refractivity contribution in [3.63, 3.8) is 0 Å². The van der Waals surface area contributed by atoms with Crippen molar-refractivity contribution >= 4 is 14.3 Å². The normalized spacial score (nSPS) is 11.3. The maximum Gasteiger partial charge on any atom is 0.333 e. The van der Waals surface area contributed by atoms with Crippen LogP contribution in [-0.2, 0) is 18.7 Å². The molecular formula is C13H26O4Si. The highest BCUT2D eigenvalue weighted by Crippen LogP contribution is 2.12. The summed E-state index contributed by atoms with van der Waals surface area (Å²) < 4.78 is 15.9. The van der Waals surface area contributed by atoms with E-state index < -0.39 is 8.32 Å². The van der Waals surface area contributed by atoms with Gasteiger partial charge in [-0.15, -0.1) is 0 Å². The number of esters is 1. The molecule has 0 aromatic carbocycles. The van der Waals surface area contributed by atoms with Crippen molar-refractivity contribution in [3.05, 3.63) is 12.2 Å². The quantitative estimate of drug-likeness (QED) is 0.266.